The minimum absolute atomic E-state index is 0.0904. The quantitative estimate of drug-likeness (QED) is 0.875. The fraction of sp³-hybridized carbons (Fsp3) is 0.200. The molecule has 1 aromatic heterocycles. The van der Waals surface area contributed by atoms with E-state index >= 15 is 0 Å². The SMILES string of the molecule is Cc1ccc(C(=O)Nc2ccncc2C)cc1C. The third-order valence-corrected chi connectivity index (χ3v) is 3.04. The van der Waals surface area contributed by atoms with Crippen LogP contribution < -0.4 is 5.32 Å². The molecule has 0 atom stereocenters. The van der Waals surface area contributed by atoms with Crippen molar-refractivity contribution in [3.05, 3.63) is 58.9 Å². The Hall–Kier alpha value is -2.16. The summed E-state index contributed by atoms with van der Waals surface area (Å²) >= 11 is 0. The number of hydrogen-bond donors (Lipinski definition) is 1. The number of carbonyl (C=O) groups excluding carboxylic acids is 1. The van der Waals surface area contributed by atoms with Crippen molar-refractivity contribution in [2.24, 2.45) is 0 Å². The number of pyridine rings is 1. The lowest BCUT2D eigenvalue weighted by Crippen LogP contribution is -2.13. The fourth-order valence-electron chi connectivity index (χ4n) is 1.69. The van der Waals surface area contributed by atoms with E-state index < -0.39 is 0 Å². The lowest BCUT2D eigenvalue weighted by atomic mass is 10.1. The summed E-state index contributed by atoms with van der Waals surface area (Å²) in [5.41, 5.74) is 4.73. The fourth-order valence-corrected chi connectivity index (χ4v) is 1.69. The molecule has 0 aliphatic rings. The van der Waals surface area contributed by atoms with Gasteiger partial charge in [0.2, 0.25) is 0 Å². The van der Waals surface area contributed by atoms with Gasteiger partial charge in [0.25, 0.3) is 5.91 Å². The molecular formula is C15H16N2O. The number of carbonyl (C=O) groups is 1. The topological polar surface area (TPSA) is 42.0 Å². The van der Waals surface area contributed by atoms with Crippen LogP contribution in [-0.2, 0) is 0 Å². The highest BCUT2D eigenvalue weighted by atomic mass is 16.1. The molecule has 0 aliphatic heterocycles. The molecule has 2 rings (SSSR count). The van der Waals surface area contributed by atoms with Gasteiger partial charge in [0.05, 0.1) is 0 Å². The first-order valence-electron chi connectivity index (χ1n) is 5.87. The second kappa shape index (κ2) is 5.00. The number of aromatic nitrogens is 1. The summed E-state index contributed by atoms with van der Waals surface area (Å²) in [7, 11) is 0. The summed E-state index contributed by atoms with van der Waals surface area (Å²) < 4.78 is 0. The third-order valence-electron chi connectivity index (χ3n) is 3.04. The Bertz CT molecular complexity index is 591. The van der Waals surface area contributed by atoms with Crippen LogP contribution in [0, 0.1) is 20.8 Å². The molecule has 0 aliphatic carbocycles. The molecule has 1 amide bonds. The van der Waals surface area contributed by atoms with Gasteiger partial charge in [0.15, 0.2) is 0 Å². The molecule has 0 saturated heterocycles. The molecule has 1 heterocycles. The maximum atomic E-state index is 12.1. The van der Waals surface area contributed by atoms with Crippen molar-refractivity contribution < 1.29 is 4.79 Å². The summed E-state index contributed by atoms with van der Waals surface area (Å²) in [5.74, 6) is -0.0904. The van der Waals surface area contributed by atoms with Crippen LogP contribution in [0.15, 0.2) is 36.7 Å². The summed E-state index contributed by atoms with van der Waals surface area (Å²) in [4.78, 5) is 16.1. The highest BCUT2D eigenvalue weighted by Crippen LogP contribution is 2.15. The van der Waals surface area contributed by atoms with Crippen molar-refractivity contribution in [2.75, 3.05) is 5.32 Å². The van der Waals surface area contributed by atoms with Crippen LogP contribution in [-0.4, -0.2) is 10.9 Å². The molecule has 1 N–H and O–H groups in total. The minimum Gasteiger partial charge on any atom is -0.322 e. The van der Waals surface area contributed by atoms with Gasteiger partial charge in [-0.3, -0.25) is 9.78 Å². The zero-order chi connectivity index (χ0) is 13.1. The molecule has 92 valence electrons. The van der Waals surface area contributed by atoms with E-state index in [0.717, 1.165) is 16.8 Å². The van der Waals surface area contributed by atoms with Crippen LogP contribution in [0.4, 0.5) is 5.69 Å². The zero-order valence-electron chi connectivity index (χ0n) is 10.8. The Kier molecular flexibility index (Phi) is 3.42. The van der Waals surface area contributed by atoms with Gasteiger partial charge in [0, 0.05) is 23.6 Å². The first-order chi connectivity index (χ1) is 8.58. The number of benzene rings is 1. The van der Waals surface area contributed by atoms with Crippen molar-refractivity contribution in [3.8, 4) is 0 Å². The van der Waals surface area contributed by atoms with E-state index in [9.17, 15) is 4.79 Å². The number of nitrogens with one attached hydrogen (secondary N) is 1. The summed E-state index contributed by atoms with van der Waals surface area (Å²) in [5, 5.41) is 2.89. The van der Waals surface area contributed by atoms with Crippen LogP contribution in [0.1, 0.15) is 27.0 Å². The Balaban J connectivity index is 2.22. The van der Waals surface area contributed by atoms with Gasteiger partial charge in [-0.25, -0.2) is 0 Å². The van der Waals surface area contributed by atoms with Crippen LogP contribution in [0.3, 0.4) is 0 Å². The molecule has 2 aromatic rings. The standard InChI is InChI=1S/C15H16N2O/c1-10-4-5-13(8-11(10)2)15(18)17-14-6-7-16-9-12(14)3/h4-9H,1-3H3,(H,16,17,18). The zero-order valence-corrected chi connectivity index (χ0v) is 10.8. The molecule has 0 fully saturated rings. The Morgan fingerprint density at radius 3 is 2.50 bits per heavy atom. The van der Waals surface area contributed by atoms with E-state index in [4.69, 9.17) is 0 Å². The molecule has 0 spiro atoms. The minimum atomic E-state index is -0.0904. The second-order valence-corrected chi connectivity index (χ2v) is 4.44. The lowest BCUT2D eigenvalue weighted by Gasteiger charge is -2.09. The number of amides is 1. The normalized spacial score (nSPS) is 10.2. The highest BCUT2D eigenvalue weighted by Gasteiger charge is 2.08. The number of nitrogens with zero attached hydrogens (tertiary/aromatic N) is 1. The van der Waals surface area contributed by atoms with E-state index in [-0.39, 0.29) is 5.91 Å². The van der Waals surface area contributed by atoms with Crippen LogP contribution in [0.5, 0.6) is 0 Å². The van der Waals surface area contributed by atoms with E-state index in [0.29, 0.717) is 5.56 Å². The van der Waals surface area contributed by atoms with Gasteiger partial charge in [-0.1, -0.05) is 6.07 Å². The van der Waals surface area contributed by atoms with Crippen molar-refractivity contribution in [1.82, 2.24) is 4.98 Å². The van der Waals surface area contributed by atoms with E-state index in [1.807, 2.05) is 39.0 Å². The monoisotopic (exact) mass is 240 g/mol. The largest absolute Gasteiger partial charge is 0.322 e. The van der Waals surface area contributed by atoms with Crippen LogP contribution >= 0.6 is 0 Å². The number of hydrogen-bond acceptors (Lipinski definition) is 2. The van der Waals surface area contributed by atoms with Crippen LogP contribution in [0.2, 0.25) is 0 Å². The van der Waals surface area contributed by atoms with Crippen molar-refractivity contribution in [1.29, 1.82) is 0 Å². The Labute approximate surface area is 107 Å². The average Bonchev–Trinajstić information content (AvgIpc) is 2.35. The average molecular weight is 240 g/mol. The molecule has 0 radical (unpaired) electrons. The van der Waals surface area contributed by atoms with E-state index in [1.165, 1.54) is 5.56 Å². The molecule has 18 heavy (non-hydrogen) atoms. The first kappa shape index (κ1) is 12.3. The van der Waals surface area contributed by atoms with Crippen LogP contribution in [0.25, 0.3) is 0 Å². The summed E-state index contributed by atoms with van der Waals surface area (Å²) in [6.45, 7) is 5.96. The Morgan fingerprint density at radius 1 is 1.06 bits per heavy atom. The predicted octanol–water partition coefficient (Wildman–Crippen LogP) is 3.26. The van der Waals surface area contributed by atoms with Crippen molar-refractivity contribution >= 4 is 11.6 Å². The Morgan fingerprint density at radius 2 is 1.83 bits per heavy atom. The van der Waals surface area contributed by atoms with Crippen molar-refractivity contribution in [2.45, 2.75) is 20.8 Å². The van der Waals surface area contributed by atoms with Gasteiger partial charge in [-0.15, -0.1) is 0 Å². The molecular weight excluding hydrogens is 224 g/mol. The smallest absolute Gasteiger partial charge is 0.255 e. The predicted molar refractivity (Wildman–Crippen MR) is 72.8 cm³/mol. The van der Waals surface area contributed by atoms with E-state index in [2.05, 4.69) is 10.3 Å². The second-order valence-electron chi connectivity index (χ2n) is 4.44. The van der Waals surface area contributed by atoms with Gasteiger partial charge in [-0.05, 0) is 55.7 Å². The molecule has 3 nitrogen and oxygen atoms in total. The highest BCUT2D eigenvalue weighted by molar-refractivity contribution is 6.04. The maximum Gasteiger partial charge on any atom is 0.255 e. The maximum absolute atomic E-state index is 12.1. The number of anilines is 1. The third kappa shape index (κ3) is 2.56. The molecule has 0 bridgehead atoms. The first-order valence-corrected chi connectivity index (χ1v) is 5.87. The summed E-state index contributed by atoms with van der Waals surface area (Å²) in [6, 6.07) is 7.51. The summed E-state index contributed by atoms with van der Waals surface area (Å²) in [6.07, 6.45) is 3.40. The molecule has 0 saturated carbocycles. The van der Waals surface area contributed by atoms with E-state index in [1.54, 1.807) is 18.5 Å². The van der Waals surface area contributed by atoms with Gasteiger partial charge in [-0.2, -0.15) is 0 Å². The molecule has 1 aromatic carbocycles. The van der Waals surface area contributed by atoms with Crippen molar-refractivity contribution in [3.63, 3.8) is 0 Å². The molecule has 3 heteroatoms. The number of aryl methyl sites for hydroxylation is 3. The van der Waals surface area contributed by atoms with Gasteiger partial charge >= 0.3 is 0 Å². The molecule has 0 unspecified atom stereocenters. The lowest BCUT2D eigenvalue weighted by molar-refractivity contribution is 0.102. The van der Waals surface area contributed by atoms with Gasteiger partial charge < -0.3 is 5.32 Å². The number of rotatable bonds is 2. The van der Waals surface area contributed by atoms with Gasteiger partial charge in [0.1, 0.15) is 0 Å².